The molecule has 13 heavy (non-hydrogen) atoms. The van der Waals surface area contributed by atoms with Gasteiger partial charge in [-0.25, -0.2) is 0 Å². The quantitative estimate of drug-likeness (QED) is 0.333. The normalized spacial score (nSPS) is 12.6. The molecule has 0 saturated carbocycles. The number of hydrogen-bond donors (Lipinski definition) is 0. The first-order valence-corrected chi connectivity index (χ1v) is 9.72. The molecule has 0 N–H and O–H groups in total. The van der Waals surface area contributed by atoms with Crippen molar-refractivity contribution < 1.29 is 0 Å². The molecule has 78 valence electrons. The lowest BCUT2D eigenvalue weighted by molar-refractivity contribution is 0.637. The lowest BCUT2D eigenvalue weighted by Crippen LogP contribution is -2.07. The maximum absolute atomic E-state index is 5.91. The minimum atomic E-state index is -1.97. The zero-order valence-corrected chi connectivity index (χ0v) is 11.2. The van der Waals surface area contributed by atoms with Crippen LogP contribution in [-0.2, 0) is 0 Å². The van der Waals surface area contributed by atoms with Gasteiger partial charge in [0.05, 0.1) is 0 Å². The maximum Gasteiger partial charge on any atom is 0.270 e. The molecule has 0 spiro atoms. The molecule has 0 aromatic heterocycles. The van der Waals surface area contributed by atoms with Crippen LogP contribution in [0.3, 0.4) is 0 Å². The Balaban J connectivity index is 3.21. The third kappa shape index (κ3) is 12.5. The summed E-state index contributed by atoms with van der Waals surface area (Å²) < 4.78 is 0. The van der Waals surface area contributed by atoms with Gasteiger partial charge in [-0.3, -0.25) is 0 Å². The Morgan fingerprint density at radius 3 is 2.23 bits per heavy atom. The van der Waals surface area contributed by atoms with Gasteiger partial charge in [0.1, 0.15) is 0 Å². The topological polar surface area (TPSA) is 0 Å². The average Bonchev–Trinajstić information content (AvgIpc) is 2.01. The molecule has 0 rings (SSSR count). The molecule has 0 bridgehead atoms. The van der Waals surface area contributed by atoms with Crippen molar-refractivity contribution >= 4 is 28.9 Å². The van der Waals surface area contributed by atoms with E-state index in [4.69, 9.17) is 22.2 Å². The Bertz CT molecular complexity index is 138. The van der Waals surface area contributed by atoms with Crippen LogP contribution in [0, 0.1) is 0 Å². The Kier molecular flexibility index (Phi) is 8.22. The summed E-state index contributed by atoms with van der Waals surface area (Å²) in [7, 11) is 0. The van der Waals surface area contributed by atoms with E-state index in [9.17, 15) is 0 Å². The van der Waals surface area contributed by atoms with Crippen molar-refractivity contribution in [1.29, 1.82) is 0 Å². The molecular formula is C10H20Cl2Si. The summed E-state index contributed by atoms with van der Waals surface area (Å²) in [6.45, 7) is 2.19. The fraction of sp³-hybridized carbons (Fsp3) is 0.800. The van der Waals surface area contributed by atoms with E-state index in [0.29, 0.717) is 0 Å². The molecule has 0 fully saturated rings. The largest absolute Gasteiger partial charge is 0.270 e. The second-order valence-corrected chi connectivity index (χ2v) is 11.1. The molecule has 0 saturated heterocycles. The summed E-state index contributed by atoms with van der Waals surface area (Å²) in [6.07, 6.45) is 9.91. The fourth-order valence-corrected chi connectivity index (χ4v) is 2.27. The Hall–Kier alpha value is 0.537. The van der Waals surface area contributed by atoms with Crippen LogP contribution in [0.1, 0.15) is 45.4 Å². The van der Waals surface area contributed by atoms with Gasteiger partial charge in [0.15, 0.2) is 0 Å². The molecule has 0 aliphatic heterocycles. The first-order valence-electron chi connectivity index (χ1n) is 5.12. The van der Waals surface area contributed by atoms with Gasteiger partial charge in [-0.15, -0.1) is 22.2 Å². The number of allylic oxidation sites excluding steroid dienone is 1. The van der Waals surface area contributed by atoms with E-state index >= 15 is 0 Å². The van der Waals surface area contributed by atoms with E-state index in [1.165, 1.54) is 32.1 Å². The van der Waals surface area contributed by atoms with Crippen molar-refractivity contribution in [1.82, 2.24) is 0 Å². The van der Waals surface area contributed by atoms with E-state index in [2.05, 4.69) is 13.0 Å². The first kappa shape index (κ1) is 13.5. The number of hydrogen-bond acceptors (Lipinski definition) is 0. The van der Waals surface area contributed by atoms with Crippen LogP contribution in [-0.4, -0.2) is 6.69 Å². The number of halogens is 2. The van der Waals surface area contributed by atoms with Crippen molar-refractivity contribution in [3.05, 3.63) is 11.8 Å². The van der Waals surface area contributed by atoms with Crippen LogP contribution >= 0.6 is 22.2 Å². The van der Waals surface area contributed by atoms with Crippen LogP contribution < -0.4 is 0 Å². The van der Waals surface area contributed by atoms with Crippen LogP contribution in [0.5, 0.6) is 0 Å². The predicted octanol–water partition coefficient (Wildman–Crippen LogP) is 4.99. The Morgan fingerprint density at radius 2 is 1.69 bits per heavy atom. The molecule has 0 aliphatic carbocycles. The Morgan fingerprint density at radius 1 is 1.08 bits per heavy atom. The van der Waals surface area contributed by atoms with Gasteiger partial charge < -0.3 is 0 Å². The van der Waals surface area contributed by atoms with Gasteiger partial charge in [-0.1, -0.05) is 44.4 Å². The molecule has 0 radical (unpaired) electrons. The van der Waals surface area contributed by atoms with Gasteiger partial charge in [-0.05, 0) is 19.4 Å². The zero-order valence-electron chi connectivity index (χ0n) is 8.65. The van der Waals surface area contributed by atoms with Crippen molar-refractivity contribution in [2.45, 2.75) is 52.0 Å². The van der Waals surface area contributed by atoms with Gasteiger partial charge in [-0.2, -0.15) is 0 Å². The van der Waals surface area contributed by atoms with Gasteiger partial charge in [0, 0.05) is 0 Å². The number of rotatable bonds is 7. The molecule has 0 nitrogen and oxygen atoms in total. The van der Waals surface area contributed by atoms with E-state index in [0.717, 1.165) is 6.42 Å². The minimum absolute atomic E-state index is 1.13. The SMILES string of the molecule is CCCCCCC/C=C/[Si](C)(Cl)Cl. The summed E-state index contributed by atoms with van der Waals surface area (Å²) in [4.78, 5) is 0. The summed E-state index contributed by atoms with van der Waals surface area (Å²) >= 11 is 11.8. The third-order valence-corrected chi connectivity index (χ3v) is 3.46. The van der Waals surface area contributed by atoms with E-state index in [1.54, 1.807) is 0 Å². The molecule has 0 aliphatic rings. The summed E-state index contributed by atoms with van der Waals surface area (Å²) in [5, 5.41) is 0. The van der Waals surface area contributed by atoms with Crippen molar-refractivity contribution in [3.63, 3.8) is 0 Å². The van der Waals surface area contributed by atoms with Crippen molar-refractivity contribution in [3.8, 4) is 0 Å². The summed E-state index contributed by atoms with van der Waals surface area (Å²) in [5.74, 6) is 0. The van der Waals surface area contributed by atoms with Crippen LogP contribution in [0.25, 0.3) is 0 Å². The van der Waals surface area contributed by atoms with Crippen molar-refractivity contribution in [2.24, 2.45) is 0 Å². The molecule has 0 aromatic rings. The maximum atomic E-state index is 5.91. The standard InChI is InChI=1S/C10H20Cl2Si/c1-3-4-5-6-7-8-9-10-13(2,11)12/h9-10H,3-8H2,1-2H3/b10-9+. The highest BCUT2D eigenvalue weighted by atomic mass is 35.7. The highest BCUT2D eigenvalue weighted by Crippen LogP contribution is 2.16. The lowest BCUT2D eigenvalue weighted by Gasteiger charge is -2.01. The monoisotopic (exact) mass is 238 g/mol. The fourth-order valence-electron chi connectivity index (χ4n) is 1.16. The molecular weight excluding hydrogens is 219 g/mol. The van der Waals surface area contributed by atoms with Gasteiger partial charge in [0.25, 0.3) is 6.69 Å². The first-order chi connectivity index (χ1) is 6.06. The highest BCUT2D eigenvalue weighted by molar-refractivity contribution is 7.47. The smallest absolute Gasteiger partial charge is 0.141 e. The van der Waals surface area contributed by atoms with Crippen LogP contribution in [0.15, 0.2) is 11.8 Å². The Labute approximate surface area is 92.7 Å². The average molecular weight is 239 g/mol. The molecule has 3 heteroatoms. The molecule has 0 heterocycles. The second-order valence-electron chi connectivity index (χ2n) is 3.56. The second kappa shape index (κ2) is 7.90. The van der Waals surface area contributed by atoms with Gasteiger partial charge in [0.2, 0.25) is 0 Å². The van der Waals surface area contributed by atoms with Crippen LogP contribution in [0.2, 0.25) is 6.55 Å². The van der Waals surface area contributed by atoms with Crippen molar-refractivity contribution in [2.75, 3.05) is 0 Å². The molecule has 0 unspecified atom stereocenters. The molecule has 0 amide bonds. The predicted molar refractivity (Wildman–Crippen MR) is 65.8 cm³/mol. The third-order valence-electron chi connectivity index (χ3n) is 1.88. The summed E-state index contributed by atoms with van der Waals surface area (Å²) in [6, 6.07) is 0. The number of unbranched alkanes of at least 4 members (excludes halogenated alkanes) is 5. The van der Waals surface area contributed by atoms with Crippen LogP contribution in [0.4, 0.5) is 0 Å². The molecule has 0 atom stereocenters. The van der Waals surface area contributed by atoms with E-state index in [-0.39, 0.29) is 0 Å². The minimum Gasteiger partial charge on any atom is -0.141 e. The molecule has 0 aromatic carbocycles. The van der Waals surface area contributed by atoms with E-state index < -0.39 is 6.69 Å². The van der Waals surface area contributed by atoms with E-state index in [1.807, 2.05) is 12.2 Å². The van der Waals surface area contributed by atoms with Gasteiger partial charge >= 0.3 is 0 Å². The highest BCUT2D eigenvalue weighted by Gasteiger charge is 2.14. The lowest BCUT2D eigenvalue weighted by atomic mass is 10.1. The summed E-state index contributed by atoms with van der Waals surface area (Å²) in [5.41, 5.74) is 2.00. The zero-order chi connectivity index (χ0) is 10.2.